The molecule has 0 atom stereocenters. The van der Waals surface area contributed by atoms with E-state index in [1.54, 1.807) is 18.4 Å². The molecule has 0 saturated heterocycles. The molecule has 6 nitrogen and oxygen atoms in total. The molecule has 4 rings (SSSR count). The van der Waals surface area contributed by atoms with E-state index in [9.17, 15) is 4.79 Å². The van der Waals surface area contributed by atoms with Gasteiger partial charge in [-0.2, -0.15) is 0 Å². The van der Waals surface area contributed by atoms with Gasteiger partial charge in [0, 0.05) is 54.1 Å². The molecular formula is C22H22N4O2S. The molecule has 0 aliphatic rings. The van der Waals surface area contributed by atoms with Crippen molar-refractivity contribution in [2.24, 2.45) is 4.99 Å². The van der Waals surface area contributed by atoms with Gasteiger partial charge in [0.05, 0.1) is 18.5 Å². The number of methoxy groups -OCH3 is 1. The zero-order valence-electron chi connectivity index (χ0n) is 16.3. The third-order valence-corrected chi connectivity index (χ3v) is 5.51. The van der Waals surface area contributed by atoms with Gasteiger partial charge in [0.25, 0.3) is 0 Å². The van der Waals surface area contributed by atoms with E-state index < -0.39 is 0 Å². The normalized spacial score (nSPS) is 11.7. The van der Waals surface area contributed by atoms with Gasteiger partial charge in [-0.05, 0) is 18.2 Å². The van der Waals surface area contributed by atoms with Gasteiger partial charge in [-0.3, -0.25) is 4.79 Å². The Labute approximate surface area is 172 Å². The number of carbonyl (C=O) groups is 1. The number of hydrogen-bond donors (Lipinski definition) is 2. The van der Waals surface area contributed by atoms with Gasteiger partial charge in [0.2, 0.25) is 5.91 Å². The number of aromatic nitrogens is 2. The number of fused-ring (bicyclic) bond motifs is 1. The highest BCUT2D eigenvalue weighted by molar-refractivity contribution is 7.07. The Hall–Kier alpha value is -3.32. The van der Waals surface area contributed by atoms with E-state index >= 15 is 0 Å². The van der Waals surface area contributed by atoms with Crippen LogP contribution in [0.25, 0.3) is 22.2 Å². The van der Waals surface area contributed by atoms with Crippen LogP contribution >= 0.6 is 11.3 Å². The van der Waals surface area contributed by atoms with Crippen LogP contribution in [0, 0.1) is 0 Å². The topological polar surface area (TPSA) is 71.4 Å². The van der Waals surface area contributed by atoms with Crippen molar-refractivity contribution in [2.75, 3.05) is 13.7 Å². The Morgan fingerprint density at radius 2 is 2.10 bits per heavy atom. The Morgan fingerprint density at radius 3 is 2.93 bits per heavy atom. The molecule has 148 valence electrons. The van der Waals surface area contributed by atoms with E-state index in [-0.39, 0.29) is 5.91 Å². The van der Waals surface area contributed by atoms with Crippen molar-refractivity contribution in [3.05, 3.63) is 64.9 Å². The third-order valence-electron chi connectivity index (χ3n) is 4.65. The van der Waals surface area contributed by atoms with Gasteiger partial charge in [-0.1, -0.05) is 24.3 Å². The van der Waals surface area contributed by atoms with E-state index in [0.717, 1.165) is 38.4 Å². The summed E-state index contributed by atoms with van der Waals surface area (Å²) in [5, 5.41) is 6.15. The van der Waals surface area contributed by atoms with Crippen molar-refractivity contribution in [3.63, 3.8) is 0 Å². The van der Waals surface area contributed by atoms with Crippen molar-refractivity contribution in [2.45, 2.75) is 13.5 Å². The van der Waals surface area contributed by atoms with E-state index in [1.165, 1.54) is 6.92 Å². The fraction of sp³-hybridized carbons (Fsp3) is 0.182. The molecule has 0 radical (unpaired) electrons. The number of amides is 1. The number of benzene rings is 2. The molecule has 1 amide bonds. The Kier molecular flexibility index (Phi) is 5.48. The standard InChI is InChI=1S/C22H22N4O2S/c1-15(27)23-10-11-26-21(19-13-24-20-9-4-3-8-18(19)20)14-29-22(26)25-16-6-5-7-17(12-16)28-2/h3-9,12-14,24H,10-11H2,1-2H3,(H,23,27). The lowest BCUT2D eigenvalue weighted by molar-refractivity contribution is -0.118. The van der Waals surface area contributed by atoms with Crippen LogP contribution in [0.3, 0.4) is 0 Å². The highest BCUT2D eigenvalue weighted by Crippen LogP contribution is 2.29. The molecule has 2 aromatic heterocycles. The van der Waals surface area contributed by atoms with Crippen LogP contribution in [-0.2, 0) is 11.3 Å². The fourth-order valence-electron chi connectivity index (χ4n) is 3.27. The van der Waals surface area contributed by atoms with E-state index in [2.05, 4.69) is 32.4 Å². The number of nitrogens with one attached hydrogen (secondary N) is 2. The molecule has 29 heavy (non-hydrogen) atoms. The molecule has 4 aromatic rings. The number of thiazole rings is 1. The van der Waals surface area contributed by atoms with E-state index in [1.807, 2.05) is 42.6 Å². The molecule has 7 heteroatoms. The summed E-state index contributed by atoms with van der Waals surface area (Å²) in [5.41, 5.74) is 4.10. The number of para-hydroxylation sites is 1. The SMILES string of the molecule is COc1cccc(N=c2scc(-c3c[nH]c4ccccc34)n2CCNC(C)=O)c1. The van der Waals surface area contributed by atoms with Crippen molar-refractivity contribution in [1.82, 2.24) is 14.9 Å². The summed E-state index contributed by atoms with van der Waals surface area (Å²) in [6.07, 6.45) is 2.02. The minimum Gasteiger partial charge on any atom is -0.497 e. The quantitative estimate of drug-likeness (QED) is 0.507. The number of H-pyrrole nitrogens is 1. The maximum absolute atomic E-state index is 11.3. The van der Waals surface area contributed by atoms with Gasteiger partial charge in [0.15, 0.2) is 4.80 Å². The van der Waals surface area contributed by atoms with Crippen molar-refractivity contribution in [1.29, 1.82) is 0 Å². The second-order valence-corrected chi connectivity index (χ2v) is 7.44. The van der Waals surface area contributed by atoms with Gasteiger partial charge >= 0.3 is 0 Å². The van der Waals surface area contributed by atoms with Crippen LogP contribution in [0.1, 0.15) is 6.92 Å². The summed E-state index contributed by atoms with van der Waals surface area (Å²) in [5.74, 6) is 0.727. The predicted molar refractivity (Wildman–Crippen MR) is 117 cm³/mol. The maximum Gasteiger partial charge on any atom is 0.216 e. The first-order valence-electron chi connectivity index (χ1n) is 9.34. The summed E-state index contributed by atoms with van der Waals surface area (Å²) in [4.78, 5) is 20.4. The van der Waals surface area contributed by atoms with Gasteiger partial charge in [0.1, 0.15) is 5.75 Å². The monoisotopic (exact) mass is 406 g/mol. The largest absolute Gasteiger partial charge is 0.497 e. The van der Waals surface area contributed by atoms with Gasteiger partial charge in [-0.25, -0.2) is 4.99 Å². The number of carbonyl (C=O) groups excluding carboxylic acids is 1. The average Bonchev–Trinajstić information content (AvgIpc) is 3.32. The molecule has 0 aliphatic carbocycles. The van der Waals surface area contributed by atoms with Crippen molar-refractivity contribution < 1.29 is 9.53 Å². The molecule has 0 saturated carbocycles. The first-order chi connectivity index (χ1) is 14.2. The lowest BCUT2D eigenvalue weighted by atomic mass is 10.1. The van der Waals surface area contributed by atoms with Gasteiger partial charge in [-0.15, -0.1) is 11.3 Å². The smallest absolute Gasteiger partial charge is 0.216 e. The van der Waals surface area contributed by atoms with Crippen LogP contribution in [0.2, 0.25) is 0 Å². The predicted octanol–water partition coefficient (Wildman–Crippen LogP) is 4.08. The minimum atomic E-state index is -0.0410. The van der Waals surface area contributed by atoms with Crippen LogP contribution in [0.4, 0.5) is 5.69 Å². The number of nitrogens with zero attached hydrogens (tertiary/aromatic N) is 2. The minimum absolute atomic E-state index is 0.0410. The summed E-state index contributed by atoms with van der Waals surface area (Å²) >= 11 is 1.58. The third kappa shape index (κ3) is 4.09. The van der Waals surface area contributed by atoms with E-state index in [0.29, 0.717) is 13.1 Å². The first kappa shape index (κ1) is 19.0. The van der Waals surface area contributed by atoms with E-state index in [4.69, 9.17) is 9.73 Å². The molecule has 0 fully saturated rings. The fourth-order valence-corrected chi connectivity index (χ4v) is 4.21. The highest BCUT2D eigenvalue weighted by atomic mass is 32.1. The Balaban J connectivity index is 1.81. The summed E-state index contributed by atoms with van der Waals surface area (Å²) in [7, 11) is 1.65. The number of rotatable bonds is 6. The van der Waals surface area contributed by atoms with Crippen LogP contribution in [0.5, 0.6) is 5.75 Å². The maximum atomic E-state index is 11.3. The molecule has 2 heterocycles. The summed E-state index contributed by atoms with van der Waals surface area (Å²) in [6, 6.07) is 15.9. The zero-order chi connectivity index (χ0) is 20.2. The molecular weight excluding hydrogens is 384 g/mol. The summed E-state index contributed by atoms with van der Waals surface area (Å²) < 4.78 is 7.46. The Morgan fingerprint density at radius 1 is 1.24 bits per heavy atom. The molecule has 0 bridgehead atoms. The number of hydrogen-bond acceptors (Lipinski definition) is 4. The molecule has 0 unspecified atom stereocenters. The van der Waals surface area contributed by atoms with Crippen LogP contribution in [-0.4, -0.2) is 29.1 Å². The zero-order valence-corrected chi connectivity index (χ0v) is 17.1. The lowest BCUT2D eigenvalue weighted by Crippen LogP contribution is -2.28. The lowest BCUT2D eigenvalue weighted by Gasteiger charge is -2.09. The average molecular weight is 407 g/mol. The second-order valence-electron chi connectivity index (χ2n) is 6.60. The Bertz CT molecular complexity index is 1220. The second kappa shape index (κ2) is 8.36. The highest BCUT2D eigenvalue weighted by Gasteiger charge is 2.12. The molecule has 2 aromatic carbocycles. The van der Waals surface area contributed by atoms with Crippen molar-refractivity contribution >= 4 is 33.8 Å². The van der Waals surface area contributed by atoms with Crippen molar-refractivity contribution in [3.8, 4) is 17.0 Å². The summed E-state index contributed by atoms with van der Waals surface area (Å²) in [6.45, 7) is 2.69. The number of aromatic amines is 1. The van der Waals surface area contributed by atoms with Gasteiger partial charge < -0.3 is 19.6 Å². The molecule has 0 aliphatic heterocycles. The van der Waals surface area contributed by atoms with Crippen LogP contribution < -0.4 is 14.9 Å². The van der Waals surface area contributed by atoms with Crippen LogP contribution in [0.15, 0.2) is 65.1 Å². The molecule has 0 spiro atoms. The molecule has 2 N–H and O–H groups in total. The number of ether oxygens (including phenoxy) is 1. The first-order valence-corrected chi connectivity index (χ1v) is 10.2.